The van der Waals surface area contributed by atoms with Crippen molar-refractivity contribution in [3.8, 4) is 5.75 Å². The predicted molar refractivity (Wildman–Crippen MR) is 144 cm³/mol. The molecule has 4 aromatic rings. The second kappa shape index (κ2) is 11.5. The summed E-state index contributed by atoms with van der Waals surface area (Å²) in [7, 11) is 1.68. The molecule has 36 heavy (non-hydrogen) atoms. The van der Waals surface area contributed by atoms with Crippen molar-refractivity contribution >= 4 is 22.0 Å². The Morgan fingerprint density at radius 1 is 1.06 bits per heavy atom. The monoisotopic (exact) mass is 481 g/mol. The molecule has 1 atom stereocenters. The molecule has 5 heteroatoms. The molecule has 1 radical (unpaired) electrons. The molecule has 1 aliphatic rings. The van der Waals surface area contributed by atoms with Gasteiger partial charge in [-0.25, -0.2) is 4.68 Å². The average Bonchev–Trinajstić information content (AvgIpc) is 3.37. The predicted octanol–water partition coefficient (Wildman–Crippen LogP) is 6.93. The summed E-state index contributed by atoms with van der Waals surface area (Å²) in [6, 6.07) is 26.6. The van der Waals surface area contributed by atoms with Crippen molar-refractivity contribution in [1.29, 1.82) is 0 Å². The summed E-state index contributed by atoms with van der Waals surface area (Å²) < 4.78 is 18.9. The molecule has 1 saturated heterocycles. The summed E-state index contributed by atoms with van der Waals surface area (Å²) in [4.78, 5) is 0. The van der Waals surface area contributed by atoms with Gasteiger partial charge in [0.1, 0.15) is 12.4 Å². The summed E-state index contributed by atoms with van der Waals surface area (Å²) >= 11 is 0. The third-order valence-electron chi connectivity index (χ3n) is 6.71. The molecule has 1 aromatic heterocycles. The van der Waals surface area contributed by atoms with E-state index in [1.165, 1.54) is 23.1 Å². The van der Waals surface area contributed by atoms with E-state index in [0.29, 0.717) is 13.2 Å². The van der Waals surface area contributed by atoms with Crippen LogP contribution in [0.15, 0.2) is 72.9 Å². The molecule has 2 heterocycles. The summed E-state index contributed by atoms with van der Waals surface area (Å²) in [5.41, 5.74) is 6.98. The van der Waals surface area contributed by atoms with Crippen LogP contribution >= 0.6 is 0 Å². The van der Waals surface area contributed by atoms with Gasteiger partial charge in [0.2, 0.25) is 0 Å². The maximum absolute atomic E-state index is 6.00. The zero-order chi connectivity index (χ0) is 24.7. The van der Waals surface area contributed by atoms with Crippen LogP contribution < -0.4 is 4.74 Å². The first kappa shape index (κ1) is 24.3. The van der Waals surface area contributed by atoms with Crippen LogP contribution in [0.4, 0.5) is 0 Å². The smallest absolute Gasteiger partial charge is 0.150 e. The molecule has 1 aliphatic heterocycles. The van der Waals surface area contributed by atoms with Gasteiger partial charge in [-0.05, 0) is 83.9 Å². The number of hydrogen-bond acceptors (Lipinski definition) is 4. The number of hydrogen-bond donors (Lipinski definition) is 0. The van der Waals surface area contributed by atoms with E-state index in [0.717, 1.165) is 53.6 Å². The number of aromatic nitrogens is 2. The Hall–Kier alpha value is -3.41. The Kier molecular flexibility index (Phi) is 7.79. The fourth-order valence-electron chi connectivity index (χ4n) is 4.92. The molecular formula is C31H33N2O3. The van der Waals surface area contributed by atoms with Crippen molar-refractivity contribution < 1.29 is 14.2 Å². The number of benzene rings is 3. The van der Waals surface area contributed by atoms with Crippen molar-refractivity contribution in [2.75, 3.05) is 26.9 Å². The minimum absolute atomic E-state index is 0.0235. The van der Waals surface area contributed by atoms with E-state index in [9.17, 15) is 0 Å². The molecule has 1 unspecified atom stereocenters. The van der Waals surface area contributed by atoms with Gasteiger partial charge < -0.3 is 14.2 Å². The third-order valence-corrected chi connectivity index (χ3v) is 6.71. The van der Waals surface area contributed by atoms with Gasteiger partial charge in [0.15, 0.2) is 6.23 Å². The van der Waals surface area contributed by atoms with Crippen LogP contribution in [0.2, 0.25) is 0 Å². The third kappa shape index (κ3) is 5.23. The molecule has 185 valence electrons. The standard InChI is InChI=1S/C31H33N2O3/c1-3-28(23-12-15-27(16-13-23)35-20-19-34-2)31(24-9-5-4-6-10-24)25-14-17-29-26(21-25)22-32-33(29)30-11-7-8-18-36-30/h4-6,9,12-17,21-22,30H,3,7-8,11,18-20H2,1-2H3/b31-28-. The number of fused-ring (bicyclic) bond motifs is 1. The number of nitrogens with zero attached hydrogens (tertiary/aromatic N) is 2. The lowest BCUT2D eigenvalue weighted by Gasteiger charge is -2.23. The average molecular weight is 482 g/mol. The number of ether oxygens (including phenoxy) is 3. The summed E-state index contributed by atoms with van der Waals surface area (Å²) in [6.45, 7) is 4.12. The Bertz CT molecular complexity index is 1300. The van der Waals surface area contributed by atoms with E-state index >= 15 is 0 Å². The van der Waals surface area contributed by atoms with Crippen molar-refractivity contribution in [1.82, 2.24) is 9.78 Å². The minimum atomic E-state index is 0.0235. The van der Waals surface area contributed by atoms with Crippen LogP contribution in [0.5, 0.6) is 5.75 Å². The van der Waals surface area contributed by atoms with Gasteiger partial charge in [0.25, 0.3) is 0 Å². The van der Waals surface area contributed by atoms with E-state index in [2.05, 4.69) is 55.5 Å². The zero-order valence-electron chi connectivity index (χ0n) is 21.1. The van der Waals surface area contributed by atoms with Gasteiger partial charge in [-0.3, -0.25) is 0 Å². The van der Waals surface area contributed by atoms with Gasteiger partial charge in [0.05, 0.1) is 18.3 Å². The van der Waals surface area contributed by atoms with Gasteiger partial charge in [-0.1, -0.05) is 49.4 Å². The molecule has 0 amide bonds. The lowest BCUT2D eigenvalue weighted by atomic mass is 9.88. The Labute approximate surface area is 213 Å². The first-order chi connectivity index (χ1) is 17.8. The van der Waals surface area contributed by atoms with Crippen LogP contribution in [0.3, 0.4) is 0 Å². The second-order valence-corrected chi connectivity index (χ2v) is 9.03. The second-order valence-electron chi connectivity index (χ2n) is 9.03. The van der Waals surface area contributed by atoms with Crippen molar-refractivity contribution in [2.24, 2.45) is 0 Å². The minimum Gasteiger partial charge on any atom is -0.491 e. The summed E-state index contributed by atoms with van der Waals surface area (Å²) in [6.07, 6.45) is 6.18. The van der Waals surface area contributed by atoms with Gasteiger partial charge >= 0.3 is 0 Å². The maximum Gasteiger partial charge on any atom is 0.150 e. The van der Waals surface area contributed by atoms with Crippen LogP contribution in [0.1, 0.15) is 55.5 Å². The van der Waals surface area contributed by atoms with E-state index < -0.39 is 0 Å². The lowest BCUT2D eigenvalue weighted by Crippen LogP contribution is -2.18. The number of allylic oxidation sites excluding steroid dienone is 1. The SMILES string of the molecule is CC/C(=C(\c1[c]cccc1)c1ccc2c(cnn2C2CCCCO2)c1)c1ccc(OCCOC)cc1. The highest BCUT2D eigenvalue weighted by Crippen LogP contribution is 2.36. The Morgan fingerprint density at radius 3 is 2.64 bits per heavy atom. The highest BCUT2D eigenvalue weighted by Gasteiger charge is 2.20. The Morgan fingerprint density at radius 2 is 1.92 bits per heavy atom. The molecule has 0 saturated carbocycles. The van der Waals surface area contributed by atoms with Crippen molar-refractivity contribution in [2.45, 2.75) is 38.8 Å². The van der Waals surface area contributed by atoms with E-state index in [4.69, 9.17) is 19.3 Å². The van der Waals surface area contributed by atoms with Crippen LogP contribution in [0.25, 0.3) is 22.0 Å². The topological polar surface area (TPSA) is 45.5 Å². The van der Waals surface area contributed by atoms with Crippen LogP contribution in [-0.4, -0.2) is 36.7 Å². The highest BCUT2D eigenvalue weighted by atomic mass is 16.5. The van der Waals surface area contributed by atoms with Crippen LogP contribution in [-0.2, 0) is 9.47 Å². The molecule has 3 aromatic carbocycles. The molecule has 0 bridgehead atoms. The number of methoxy groups -OCH3 is 1. The lowest BCUT2D eigenvalue weighted by molar-refractivity contribution is -0.0366. The normalized spacial score (nSPS) is 16.7. The molecule has 5 nitrogen and oxygen atoms in total. The first-order valence-corrected chi connectivity index (χ1v) is 12.8. The largest absolute Gasteiger partial charge is 0.491 e. The molecule has 1 fully saturated rings. The van der Waals surface area contributed by atoms with E-state index in [-0.39, 0.29) is 6.23 Å². The molecular weight excluding hydrogens is 448 g/mol. The molecule has 0 N–H and O–H groups in total. The number of rotatable bonds is 9. The molecule has 0 aliphatic carbocycles. The first-order valence-electron chi connectivity index (χ1n) is 12.8. The highest BCUT2D eigenvalue weighted by molar-refractivity contribution is 6.00. The fourth-order valence-corrected chi connectivity index (χ4v) is 4.92. The molecule has 0 spiro atoms. The van der Waals surface area contributed by atoms with Gasteiger partial charge in [0, 0.05) is 19.1 Å². The van der Waals surface area contributed by atoms with Gasteiger partial charge in [-0.2, -0.15) is 5.10 Å². The van der Waals surface area contributed by atoms with E-state index in [1.54, 1.807) is 7.11 Å². The Balaban J connectivity index is 1.56. The summed E-state index contributed by atoms with van der Waals surface area (Å²) in [5, 5.41) is 5.82. The van der Waals surface area contributed by atoms with Crippen molar-refractivity contribution in [3.63, 3.8) is 0 Å². The zero-order valence-corrected chi connectivity index (χ0v) is 21.1. The fraction of sp³-hybridized carbons (Fsp3) is 0.323. The van der Waals surface area contributed by atoms with E-state index in [1.807, 2.05) is 35.1 Å². The maximum atomic E-state index is 6.00. The molecule has 5 rings (SSSR count). The van der Waals surface area contributed by atoms with Crippen molar-refractivity contribution in [3.05, 3.63) is 95.7 Å². The summed E-state index contributed by atoms with van der Waals surface area (Å²) in [5.74, 6) is 0.845. The van der Waals surface area contributed by atoms with Crippen LogP contribution in [0, 0.1) is 6.07 Å². The van der Waals surface area contributed by atoms with Gasteiger partial charge in [-0.15, -0.1) is 0 Å². The quantitative estimate of drug-likeness (QED) is 0.192.